The van der Waals surface area contributed by atoms with Crippen LogP contribution in [0.25, 0.3) is 10.9 Å². The molecule has 2 rings (SSSR count). The number of alkyl halides is 3. The Morgan fingerprint density at radius 2 is 1.91 bits per heavy atom. The molecule has 0 aliphatic carbocycles. The third-order valence-electron chi connectivity index (χ3n) is 2.92. The Morgan fingerprint density at radius 1 is 1.18 bits per heavy atom. The van der Waals surface area contributed by atoms with Gasteiger partial charge in [0.2, 0.25) is 5.82 Å². The number of hydrogen-bond donors (Lipinski definition) is 1. The van der Waals surface area contributed by atoms with E-state index in [-0.39, 0.29) is 17.4 Å². The van der Waals surface area contributed by atoms with Crippen LogP contribution < -0.4 is 5.32 Å². The van der Waals surface area contributed by atoms with Crippen molar-refractivity contribution in [3.8, 4) is 0 Å². The fourth-order valence-electron chi connectivity index (χ4n) is 1.94. The maximum Gasteiger partial charge on any atom is 0.451 e. The Balaban J connectivity index is 2.16. The Labute approximate surface area is 126 Å². The maximum atomic E-state index is 12.9. The molecule has 4 nitrogen and oxygen atoms in total. The zero-order chi connectivity index (χ0) is 16.2. The second-order valence-corrected chi connectivity index (χ2v) is 5.11. The van der Waals surface area contributed by atoms with Gasteiger partial charge >= 0.3 is 6.18 Å². The number of ether oxygens (including phenoxy) is 1. The molecule has 1 N–H and O–H groups in total. The molecule has 0 aliphatic heterocycles. The van der Waals surface area contributed by atoms with Gasteiger partial charge in [-0.15, -0.1) is 0 Å². The Bertz CT molecular complexity index is 629. The van der Waals surface area contributed by atoms with Crippen LogP contribution >= 0.6 is 0 Å². The third-order valence-corrected chi connectivity index (χ3v) is 2.92. The van der Waals surface area contributed by atoms with Gasteiger partial charge in [0.15, 0.2) is 0 Å². The van der Waals surface area contributed by atoms with E-state index in [1.165, 1.54) is 0 Å². The highest BCUT2D eigenvalue weighted by atomic mass is 19.4. The number of aromatic nitrogens is 2. The number of rotatable bonds is 6. The van der Waals surface area contributed by atoms with Crippen LogP contribution in [0.3, 0.4) is 0 Å². The second-order valence-electron chi connectivity index (χ2n) is 5.11. The van der Waals surface area contributed by atoms with Crippen molar-refractivity contribution < 1.29 is 17.9 Å². The molecule has 0 saturated carbocycles. The van der Waals surface area contributed by atoms with Crippen molar-refractivity contribution in [2.75, 3.05) is 18.5 Å². The minimum atomic E-state index is -4.57. The number of halogens is 3. The minimum Gasteiger partial charge on any atom is -0.379 e. The molecule has 0 amide bonds. The first-order valence-corrected chi connectivity index (χ1v) is 7.07. The average Bonchev–Trinajstić information content (AvgIpc) is 2.45. The number of benzene rings is 1. The Morgan fingerprint density at radius 3 is 2.59 bits per heavy atom. The molecule has 0 fully saturated rings. The molecule has 0 aliphatic rings. The van der Waals surface area contributed by atoms with Crippen molar-refractivity contribution in [1.82, 2.24) is 9.97 Å². The Hall–Kier alpha value is -1.89. The highest BCUT2D eigenvalue weighted by Gasteiger charge is 2.35. The summed E-state index contributed by atoms with van der Waals surface area (Å²) < 4.78 is 44.0. The van der Waals surface area contributed by atoms with Crippen molar-refractivity contribution in [3.63, 3.8) is 0 Å². The van der Waals surface area contributed by atoms with Gasteiger partial charge in [0.1, 0.15) is 5.82 Å². The van der Waals surface area contributed by atoms with Gasteiger partial charge in [-0.05, 0) is 32.4 Å². The summed E-state index contributed by atoms with van der Waals surface area (Å²) in [5, 5.41) is 3.51. The summed E-state index contributed by atoms with van der Waals surface area (Å²) in [6.07, 6.45) is -3.75. The lowest BCUT2D eigenvalue weighted by Crippen LogP contribution is -2.15. The van der Waals surface area contributed by atoms with Crippen molar-refractivity contribution in [3.05, 3.63) is 30.1 Å². The summed E-state index contributed by atoms with van der Waals surface area (Å²) in [6, 6.07) is 6.63. The van der Waals surface area contributed by atoms with E-state index < -0.39 is 12.0 Å². The molecule has 1 aromatic carbocycles. The number of para-hydroxylation sites is 1. The van der Waals surface area contributed by atoms with E-state index in [2.05, 4.69) is 15.3 Å². The molecule has 120 valence electrons. The molecular formula is C15H18F3N3O. The smallest absolute Gasteiger partial charge is 0.379 e. The van der Waals surface area contributed by atoms with E-state index in [1.54, 1.807) is 24.3 Å². The van der Waals surface area contributed by atoms with Gasteiger partial charge in [0, 0.05) is 18.5 Å². The van der Waals surface area contributed by atoms with Gasteiger partial charge in [-0.3, -0.25) is 0 Å². The quantitative estimate of drug-likeness (QED) is 0.822. The molecular weight excluding hydrogens is 295 g/mol. The van der Waals surface area contributed by atoms with Gasteiger partial charge in [-0.1, -0.05) is 12.1 Å². The summed E-state index contributed by atoms with van der Waals surface area (Å²) in [7, 11) is 0. The largest absolute Gasteiger partial charge is 0.451 e. The highest BCUT2D eigenvalue weighted by Crippen LogP contribution is 2.30. The molecule has 0 unspecified atom stereocenters. The molecule has 0 bridgehead atoms. The molecule has 2 aromatic rings. The third kappa shape index (κ3) is 4.30. The maximum absolute atomic E-state index is 12.9. The van der Waals surface area contributed by atoms with Crippen molar-refractivity contribution in [1.29, 1.82) is 0 Å². The molecule has 0 atom stereocenters. The predicted molar refractivity (Wildman–Crippen MR) is 78.7 cm³/mol. The summed E-state index contributed by atoms with van der Waals surface area (Å²) in [6.45, 7) is 4.88. The second kappa shape index (κ2) is 6.91. The lowest BCUT2D eigenvalue weighted by atomic mass is 10.2. The molecule has 0 saturated heterocycles. The summed E-state index contributed by atoms with van der Waals surface area (Å²) in [5.41, 5.74) is 0.269. The van der Waals surface area contributed by atoms with E-state index >= 15 is 0 Å². The highest BCUT2D eigenvalue weighted by molar-refractivity contribution is 5.89. The average molecular weight is 313 g/mol. The van der Waals surface area contributed by atoms with E-state index in [1.807, 2.05) is 13.8 Å². The topological polar surface area (TPSA) is 47.0 Å². The van der Waals surface area contributed by atoms with Crippen molar-refractivity contribution in [2.45, 2.75) is 32.5 Å². The first kappa shape index (κ1) is 16.5. The predicted octanol–water partition coefficient (Wildman–Crippen LogP) is 3.88. The number of anilines is 1. The molecule has 1 aromatic heterocycles. The van der Waals surface area contributed by atoms with Gasteiger partial charge in [0.05, 0.1) is 11.6 Å². The summed E-state index contributed by atoms with van der Waals surface area (Å²) in [4.78, 5) is 7.19. The number of nitrogens with one attached hydrogen (secondary N) is 1. The van der Waals surface area contributed by atoms with Gasteiger partial charge in [-0.25, -0.2) is 9.97 Å². The minimum absolute atomic E-state index is 0.136. The van der Waals surface area contributed by atoms with Crippen LogP contribution in [0.15, 0.2) is 24.3 Å². The van der Waals surface area contributed by atoms with Crippen LogP contribution in [-0.4, -0.2) is 29.2 Å². The summed E-state index contributed by atoms with van der Waals surface area (Å²) in [5.74, 6) is -0.936. The zero-order valence-electron chi connectivity index (χ0n) is 12.4. The van der Waals surface area contributed by atoms with Crippen molar-refractivity contribution >= 4 is 16.7 Å². The molecule has 0 spiro atoms. The summed E-state index contributed by atoms with van der Waals surface area (Å²) >= 11 is 0. The SMILES string of the molecule is CC(C)OCCCNc1nc(C(F)(F)F)nc2ccccc12. The number of hydrogen-bond acceptors (Lipinski definition) is 4. The fourth-order valence-corrected chi connectivity index (χ4v) is 1.94. The first-order chi connectivity index (χ1) is 10.4. The van der Waals surface area contributed by atoms with Gasteiger partial charge < -0.3 is 10.1 Å². The van der Waals surface area contributed by atoms with E-state index in [9.17, 15) is 13.2 Å². The monoisotopic (exact) mass is 313 g/mol. The van der Waals surface area contributed by atoms with Crippen molar-refractivity contribution in [2.24, 2.45) is 0 Å². The standard InChI is InChI=1S/C15H18F3N3O/c1-10(2)22-9-5-8-19-13-11-6-3-4-7-12(11)20-14(21-13)15(16,17)18/h3-4,6-7,10H,5,8-9H2,1-2H3,(H,19,20,21). The number of nitrogens with zero attached hydrogens (tertiary/aromatic N) is 2. The van der Waals surface area contributed by atoms with E-state index in [0.29, 0.717) is 25.0 Å². The van der Waals surface area contributed by atoms with Crippen LogP contribution in [-0.2, 0) is 10.9 Å². The van der Waals surface area contributed by atoms with Crippen LogP contribution in [0.5, 0.6) is 0 Å². The van der Waals surface area contributed by atoms with Gasteiger partial charge in [0.25, 0.3) is 0 Å². The molecule has 1 heterocycles. The van der Waals surface area contributed by atoms with E-state index in [4.69, 9.17) is 4.74 Å². The normalized spacial score (nSPS) is 12.1. The van der Waals surface area contributed by atoms with Crippen LogP contribution in [0, 0.1) is 0 Å². The zero-order valence-corrected chi connectivity index (χ0v) is 12.4. The van der Waals surface area contributed by atoms with Crippen LogP contribution in [0.2, 0.25) is 0 Å². The lowest BCUT2D eigenvalue weighted by Gasteiger charge is -2.12. The van der Waals surface area contributed by atoms with Gasteiger partial charge in [-0.2, -0.15) is 13.2 Å². The molecule has 22 heavy (non-hydrogen) atoms. The van der Waals surface area contributed by atoms with Crippen LogP contribution in [0.4, 0.5) is 19.0 Å². The number of fused-ring (bicyclic) bond motifs is 1. The van der Waals surface area contributed by atoms with Crippen LogP contribution in [0.1, 0.15) is 26.1 Å². The Kier molecular flexibility index (Phi) is 5.18. The molecule has 0 radical (unpaired) electrons. The molecule has 7 heteroatoms. The first-order valence-electron chi connectivity index (χ1n) is 7.07. The fraction of sp³-hybridized carbons (Fsp3) is 0.467. The lowest BCUT2D eigenvalue weighted by molar-refractivity contribution is -0.144. The van der Waals surface area contributed by atoms with E-state index in [0.717, 1.165) is 0 Å².